The van der Waals surface area contributed by atoms with Crippen LogP contribution in [0.15, 0.2) is 29.3 Å². The van der Waals surface area contributed by atoms with Gasteiger partial charge in [-0.05, 0) is 23.5 Å². The van der Waals surface area contributed by atoms with Gasteiger partial charge in [0.2, 0.25) is 0 Å². The summed E-state index contributed by atoms with van der Waals surface area (Å²) in [5, 5.41) is 6.55. The molecule has 0 amide bonds. The average molecular weight is 343 g/mol. The van der Waals surface area contributed by atoms with Crippen LogP contribution in [0.2, 0.25) is 0 Å². The Morgan fingerprint density at radius 3 is 2.82 bits per heavy atom. The number of halogens is 1. The van der Waals surface area contributed by atoms with E-state index in [1.54, 1.807) is 0 Å². The molecule has 2 aliphatic rings. The first kappa shape index (κ1) is 12.7. The van der Waals surface area contributed by atoms with Crippen LogP contribution in [0.1, 0.15) is 17.0 Å². The molecule has 0 saturated heterocycles. The van der Waals surface area contributed by atoms with Crippen LogP contribution in [0.4, 0.5) is 0 Å². The van der Waals surface area contributed by atoms with E-state index in [9.17, 15) is 0 Å². The van der Waals surface area contributed by atoms with Crippen molar-refractivity contribution in [2.45, 2.75) is 18.4 Å². The third-order valence-corrected chi connectivity index (χ3v) is 3.80. The summed E-state index contributed by atoms with van der Waals surface area (Å²) in [4.78, 5) is 4.16. The number of guanidine groups is 1. The van der Waals surface area contributed by atoms with Crippen LogP contribution < -0.4 is 10.6 Å². The van der Waals surface area contributed by atoms with Gasteiger partial charge in [0.25, 0.3) is 0 Å². The molecule has 3 nitrogen and oxygen atoms in total. The highest BCUT2D eigenvalue weighted by molar-refractivity contribution is 14.0. The maximum atomic E-state index is 4.16. The molecular weight excluding hydrogens is 325 g/mol. The van der Waals surface area contributed by atoms with Gasteiger partial charge in [-0.1, -0.05) is 24.3 Å². The zero-order valence-electron chi connectivity index (χ0n) is 10.1. The molecule has 3 unspecified atom stereocenters. The van der Waals surface area contributed by atoms with Gasteiger partial charge in [-0.15, -0.1) is 24.0 Å². The Kier molecular flexibility index (Phi) is 3.61. The molecule has 92 valence electrons. The van der Waals surface area contributed by atoms with Crippen LogP contribution >= 0.6 is 24.0 Å². The average Bonchev–Trinajstić information content (AvgIpc) is 2.84. The third-order valence-electron chi connectivity index (χ3n) is 3.80. The molecule has 1 aromatic carbocycles. The van der Waals surface area contributed by atoms with Crippen LogP contribution in [0, 0.1) is 5.92 Å². The molecule has 1 saturated carbocycles. The molecule has 0 radical (unpaired) electrons. The predicted octanol–water partition coefficient (Wildman–Crippen LogP) is 1.74. The van der Waals surface area contributed by atoms with Gasteiger partial charge >= 0.3 is 0 Å². The van der Waals surface area contributed by atoms with Crippen molar-refractivity contribution in [3.63, 3.8) is 0 Å². The Morgan fingerprint density at radius 2 is 2.12 bits per heavy atom. The number of fused-ring (bicyclic) bond motifs is 3. The smallest absolute Gasteiger partial charge is 0.190 e. The lowest BCUT2D eigenvalue weighted by atomic mass is 10.1. The van der Waals surface area contributed by atoms with E-state index in [1.807, 2.05) is 14.1 Å². The molecule has 1 aromatic rings. The second-order valence-electron chi connectivity index (χ2n) is 4.58. The van der Waals surface area contributed by atoms with Crippen molar-refractivity contribution in [1.29, 1.82) is 0 Å². The summed E-state index contributed by atoms with van der Waals surface area (Å²) in [6.07, 6.45) is 1.22. The summed E-state index contributed by atoms with van der Waals surface area (Å²) in [6.45, 7) is 0. The number of nitrogens with one attached hydrogen (secondary N) is 2. The molecule has 0 aliphatic heterocycles. The molecule has 0 aromatic heterocycles. The van der Waals surface area contributed by atoms with Crippen LogP contribution in [0.5, 0.6) is 0 Å². The highest BCUT2D eigenvalue weighted by Gasteiger charge is 2.55. The summed E-state index contributed by atoms with van der Waals surface area (Å²) in [7, 11) is 3.71. The standard InChI is InChI=1S/C13H17N3.HI/c1-14-13(15-2)16-12-10-7-8-5-3-4-6-9(8)11(10)12;/h3-6,10-12H,7H2,1-2H3,(H2,14,15,16);1H. The molecule has 2 aliphatic carbocycles. The summed E-state index contributed by atoms with van der Waals surface area (Å²) >= 11 is 0. The first-order valence-electron chi connectivity index (χ1n) is 5.84. The summed E-state index contributed by atoms with van der Waals surface area (Å²) in [6, 6.07) is 9.39. The molecule has 1 fully saturated rings. The second-order valence-corrected chi connectivity index (χ2v) is 4.58. The first-order valence-corrected chi connectivity index (χ1v) is 5.84. The number of hydrogen-bond donors (Lipinski definition) is 2. The van der Waals surface area contributed by atoms with Crippen molar-refractivity contribution in [2.75, 3.05) is 14.1 Å². The van der Waals surface area contributed by atoms with E-state index >= 15 is 0 Å². The maximum Gasteiger partial charge on any atom is 0.190 e. The molecule has 3 atom stereocenters. The molecular formula is C13H18IN3. The Hall–Kier alpha value is -0.780. The predicted molar refractivity (Wildman–Crippen MR) is 81.1 cm³/mol. The van der Waals surface area contributed by atoms with Gasteiger partial charge < -0.3 is 10.6 Å². The van der Waals surface area contributed by atoms with E-state index in [1.165, 1.54) is 17.5 Å². The molecule has 3 rings (SSSR count). The first-order chi connectivity index (χ1) is 7.85. The van der Waals surface area contributed by atoms with E-state index in [0.717, 1.165) is 11.9 Å². The van der Waals surface area contributed by atoms with Crippen molar-refractivity contribution in [3.8, 4) is 0 Å². The van der Waals surface area contributed by atoms with Gasteiger partial charge in [-0.2, -0.15) is 0 Å². The number of aliphatic imine (C=N–C) groups is 1. The van der Waals surface area contributed by atoms with Gasteiger partial charge in [0.1, 0.15) is 0 Å². The molecule has 0 spiro atoms. The fourth-order valence-electron chi connectivity index (χ4n) is 2.95. The number of rotatable bonds is 1. The summed E-state index contributed by atoms with van der Waals surface area (Å²) in [5.41, 5.74) is 3.08. The van der Waals surface area contributed by atoms with Crippen molar-refractivity contribution < 1.29 is 0 Å². The number of nitrogens with zero attached hydrogens (tertiary/aromatic N) is 1. The third kappa shape index (κ3) is 2.03. The van der Waals surface area contributed by atoms with Crippen LogP contribution in [0.3, 0.4) is 0 Å². The Balaban J connectivity index is 0.00000108. The maximum absolute atomic E-state index is 4.16. The van der Waals surface area contributed by atoms with Crippen molar-refractivity contribution in [1.82, 2.24) is 10.6 Å². The monoisotopic (exact) mass is 343 g/mol. The minimum Gasteiger partial charge on any atom is -0.359 e. The van der Waals surface area contributed by atoms with Crippen molar-refractivity contribution >= 4 is 29.9 Å². The SMILES string of the molecule is CN=C(NC)NC1C2Cc3ccccc3C21.I. The van der Waals surface area contributed by atoms with E-state index in [2.05, 4.69) is 39.9 Å². The van der Waals surface area contributed by atoms with E-state index in [4.69, 9.17) is 0 Å². The lowest BCUT2D eigenvalue weighted by Gasteiger charge is -2.11. The van der Waals surface area contributed by atoms with Crippen LogP contribution in [-0.4, -0.2) is 26.1 Å². The number of hydrogen-bond acceptors (Lipinski definition) is 1. The molecule has 0 heterocycles. The summed E-state index contributed by atoms with van der Waals surface area (Å²) in [5.74, 6) is 2.39. The van der Waals surface area contributed by atoms with Gasteiger partial charge in [0.05, 0.1) is 0 Å². The Bertz CT molecular complexity index is 444. The highest BCUT2D eigenvalue weighted by atomic mass is 127. The molecule has 2 N–H and O–H groups in total. The Labute approximate surface area is 119 Å². The van der Waals surface area contributed by atoms with Crippen molar-refractivity contribution in [2.24, 2.45) is 10.9 Å². The quantitative estimate of drug-likeness (QED) is 0.463. The topological polar surface area (TPSA) is 36.4 Å². The minimum absolute atomic E-state index is 0. The minimum atomic E-state index is 0. The largest absolute Gasteiger partial charge is 0.359 e. The molecule has 4 heteroatoms. The van der Waals surface area contributed by atoms with E-state index < -0.39 is 0 Å². The van der Waals surface area contributed by atoms with E-state index in [-0.39, 0.29) is 24.0 Å². The zero-order valence-corrected chi connectivity index (χ0v) is 12.4. The lowest BCUT2D eigenvalue weighted by molar-refractivity contribution is 0.733. The van der Waals surface area contributed by atoms with Gasteiger partial charge in [-0.3, -0.25) is 4.99 Å². The highest BCUT2D eigenvalue weighted by Crippen LogP contribution is 2.56. The summed E-state index contributed by atoms with van der Waals surface area (Å²) < 4.78 is 0. The normalized spacial score (nSPS) is 28.8. The van der Waals surface area contributed by atoms with Gasteiger partial charge in [0.15, 0.2) is 5.96 Å². The fourth-order valence-corrected chi connectivity index (χ4v) is 2.95. The van der Waals surface area contributed by atoms with Gasteiger partial charge in [0, 0.05) is 26.1 Å². The Morgan fingerprint density at radius 1 is 1.35 bits per heavy atom. The fraction of sp³-hybridized carbons (Fsp3) is 0.462. The lowest BCUT2D eigenvalue weighted by Crippen LogP contribution is -2.37. The zero-order chi connectivity index (χ0) is 11.1. The van der Waals surface area contributed by atoms with Gasteiger partial charge in [-0.25, -0.2) is 0 Å². The van der Waals surface area contributed by atoms with E-state index in [0.29, 0.717) is 12.0 Å². The van der Waals surface area contributed by atoms with Crippen LogP contribution in [0.25, 0.3) is 0 Å². The molecule has 17 heavy (non-hydrogen) atoms. The number of benzene rings is 1. The second kappa shape index (κ2) is 4.84. The van der Waals surface area contributed by atoms with Crippen LogP contribution in [-0.2, 0) is 6.42 Å². The van der Waals surface area contributed by atoms with Crippen molar-refractivity contribution in [3.05, 3.63) is 35.4 Å². The molecule has 0 bridgehead atoms.